The number of hydrogen-bond donors (Lipinski definition) is 1. The Labute approximate surface area is 158 Å². The summed E-state index contributed by atoms with van der Waals surface area (Å²) in [4.78, 5) is 45.5. The van der Waals surface area contributed by atoms with Gasteiger partial charge in [0.2, 0.25) is 0 Å². The van der Waals surface area contributed by atoms with Crippen LogP contribution in [0.5, 0.6) is 0 Å². The number of nitrogens with one attached hydrogen (secondary N) is 1. The Morgan fingerprint density at radius 2 is 1.48 bits per heavy atom. The molecule has 4 atom stereocenters. The molecule has 1 saturated heterocycles. The van der Waals surface area contributed by atoms with E-state index in [1.165, 1.54) is 6.92 Å². The predicted molar refractivity (Wildman–Crippen MR) is 84.8 cm³/mol. The molecule has 0 bridgehead atoms. The SMILES string of the molecule is CC(=O)OC[C@H]1O[C@@H](NC(=O)C(Cl)(Cl)Cl)[C@H](OC(C)=O)[C@@H]1OC(C)=O. The molecule has 1 rings (SSSR count). The van der Waals surface area contributed by atoms with E-state index in [0.717, 1.165) is 13.8 Å². The normalized spacial score (nSPS) is 25.8. The third-order valence-corrected chi connectivity index (χ3v) is 3.41. The van der Waals surface area contributed by atoms with Crippen LogP contribution in [0.3, 0.4) is 0 Å². The molecule has 0 spiro atoms. The minimum Gasteiger partial charge on any atom is -0.463 e. The van der Waals surface area contributed by atoms with E-state index in [2.05, 4.69) is 5.32 Å². The van der Waals surface area contributed by atoms with E-state index in [1.807, 2.05) is 0 Å². The van der Waals surface area contributed by atoms with Crippen molar-refractivity contribution in [1.82, 2.24) is 5.32 Å². The Kier molecular flexibility index (Phi) is 7.73. The van der Waals surface area contributed by atoms with Crippen molar-refractivity contribution in [2.45, 2.75) is 49.1 Å². The van der Waals surface area contributed by atoms with Gasteiger partial charge in [0, 0.05) is 20.8 Å². The van der Waals surface area contributed by atoms with Crippen molar-refractivity contribution >= 4 is 58.6 Å². The average Bonchev–Trinajstić information content (AvgIpc) is 2.72. The Morgan fingerprint density at radius 3 is 1.92 bits per heavy atom. The standard InChI is InChI=1S/C13H16Cl3NO8/c1-5(18)22-4-8-9(23-6(2)19)10(24-7(3)20)11(25-8)17-12(21)13(14,15)16/h8-11H,4H2,1-3H3,(H,17,21)/t8-,9-,10-,11-/m1/s1. The summed E-state index contributed by atoms with van der Waals surface area (Å²) in [6.45, 7) is 3.09. The minimum atomic E-state index is -2.30. The fourth-order valence-electron chi connectivity index (χ4n) is 2.04. The minimum absolute atomic E-state index is 0.314. The molecule has 1 fully saturated rings. The van der Waals surface area contributed by atoms with Gasteiger partial charge in [0.05, 0.1) is 0 Å². The third-order valence-electron chi connectivity index (χ3n) is 2.90. The summed E-state index contributed by atoms with van der Waals surface area (Å²) in [5, 5.41) is 2.23. The third kappa shape index (κ3) is 6.85. The van der Waals surface area contributed by atoms with Gasteiger partial charge in [-0.15, -0.1) is 0 Å². The Bertz CT molecular complexity index is 550. The Morgan fingerprint density at radius 1 is 0.960 bits per heavy atom. The van der Waals surface area contributed by atoms with Crippen molar-refractivity contribution in [2.75, 3.05) is 6.61 Å². The van der Waals surface area contributed by atoms with Crippen LogP contribution in [-0.2, 0) is 38.1 Å². The van der Waals surface area contributed by atoms with Gasteiger partial charge in [0.1, 0.15) is 12.7 Å². The van der Waals surface area contributed by atoms with Gasteiger partial charge >= 0.3 is 17.9 Å². The number of hydrogen-bond acceptors (Lipinski definition) is 8. The van der Waals surface area contributed by atoms with Crippen LogP contribution < -0.4 is 5.32 Å². The van der Waals surface area contributed by atoms with Crippen molar-refractivity contribution in [3.63, 3.8) is 0 Å². The van der Waals surface area contributed by atoms with Gasteiger partial charge in [-0.25, -0.2) is 0 Å². The first-order chi connectivity index (χ1) is 11.4. The number of amides is 1. The number of ether oxygens (including phenoxy) is 4. The largest absolute Gasteiger partial charge is 0.463 e. The number of rotatable bonds is 5. The molecule has 1 aliphatic rings. The second-order valence-corrected chi connectivity index (χ2v) is 7.30. The highest BCUT2D eigenvalue weighted by molar-refractivity contribution is 6.76. The van der Waals surface area contributed by atoms with E-state index in [9.17, 15) is 19.2 Å². The van der Waals surface area contributed by atoms with Crippen molar-refractivity contribution < 1.29 is 38.1 Å². The van der Waals surface area contributed by atoms with Gasteiger partial charge in [0.25, 0.3) is 9.70 Å². The lowest BCUT2D eigenvalue weighted by molar-refractivity contribution is -0.166. The maximum Gasteiger partial charge on any atom is 0.303 e. The van der Waals surface area contributed by atoms with E-state index >= 15 is 0 Å². The lowest BCUT2D eigenvalue weighted by atomic mass is 10.1. The molecule has 0 aromatic heterocycles. The fraction of sp³-hybridized carbons (Fsp3) is 0.692. The zero-order valence-electron chi connectivity index (χ0n) is 13.4. The number of carbonyl (C=O) groups excluding carboxylic acids is 4. The first-order valence-corrected chi connectivity index (χ1v) is 8.06. The summed E-state index contributed by atoms with van der Waals surface area (Å²) in [5.74, 6) is -3.09. The number of esters is 3. The average molecular weight is 421 g/mol. The molecule has 0 saturated carbocycles. The topological polar surface area (TPSA) is 117 Å². The molecule has 0 aromatic carbocycles. The zero-order chi connectivity index (χ0) is 19.4. The molecule has 25 heavy (non-hydrogen) atoms. The van der Waals surface area contributed by atoms with E-state index in [0.29, 0.717) is 0 Å². The molecule has 0 aliphatic carbocycles. The van der Waals surface area contributed by atoms with E-state index in [-0.39, 0.29) is 6.61 Å². The van der Waals surface area contributed by atoms with Crippen molar-refractivity contribution in [3.8, 4) is 0 Å². The maximum absolute atomic E-state index is 11.8. The van der Waals surface area contributed by atoms with Crippen LogP contribution in [0.4, 0.5) is 0 Å². The molecule has 1 amide bonds. The molecule has 0 unspecified atom stereocenters. The summed E-state index contributed by atoms with van der Waals surface area (Å²) in [6, 6.07) is 0. The van der Waals surface area contributed by atoms with Gasteiger partial charge in [-0.1, -0.05) is 34.8 Å². The molecule has 1 aliphatic heterocycles. The van der Waals surface area contributed by atoms with E-state index in [4.69, 9.17) is 53.8 Å². The van der Waals surface area contributed by atoms with Crippen LogP contribution in [0.2, 0.25) is 0 Å². The number of halogens is 3. The lowest BCUT2D eigenvalue weighted by Crippen LogP contribution is -2.49. The molecular formula is C13H16Cl3NO8. The van der Waals surface area contributed by atoms with Crippen LogP contribution >= 0.6 is 34.8 Å². The smallest absolute Gasteiger partial charge is 0.303 e. The van der Waals surface area contributed by atoms with Crippen LogP contribution in [0.25, 0.3) is 0 Å². The second-order valence-electron chi connectivity index (χ2n) is 5.02. The van der Waals surface area contributed by atoms with E-state index < -0.39 is 52.1 Å². The molecular weight excluding hydrogens is 405 g/mol. The van der Waals surface area contributed by atoms with Crippen molar-refractivity contribution in [2.24, 2.45) is 0 Å². The monoisotopic (exact) mass is 419 g/mol. The second kappa shape index (κ2) is 8.88. The fourth-order valence-corrected chi connectivity index (χ4v) is 2.21. The molecule has 0 radical (unpaired) electrons. The Hall–Kier alpha value is -1.29. The van der Waals surface area contributed by atoms with Gasteiger partial charge < -0.3 is 24.3 Å². The van der Waals surface area contributed by atoms with Crippen molar-refractivity contribution in [3.05, 3.63) is 0 Å². The van der Waals surface area contributed by atoms with Gasteiger partial charge in [-0.05, 0) is 0 Å². The van der Waals surface area contributed by atoms with Gasteiger partial charge in [-0.2, -0.15) is 0 Å². The van der Waals surface area contributed by atoms with Gasteiger partial charge in [0.15, 0.2) is 18.4 Å². The number of carbonyl (C=O) groups is 4. The van der Waals surface area contributed by atoms with Crippen LogP contribution in [-0.4, -0.2) is 58.8 Å². The summed E-state index contributed by atoms with van der Waals surface area (Å²) < 4.78 is 18.1. The highest BCUT2D eigenvalue weighted by Gasteiger charge is 2.51. The first kappa shape index (κ1) is 21.8. The van der Waals surface area contributed by atoms with Crippen LogP contribution in [0, 0.1) is 0 Å². The molecule has 142 valence electrons. The molecule has 0 aromatic rings. The highest BCUT2D eigenvalue weighted by Crippen LogP contribution is 2.30. The quantitative estimate of drug-likeness (QED) is 0.391. The van der Waals surface area contributed by atoms with Crippen LogP contribution in [0.15, 0.2) is 0 Å². The molecule has 1 heterocycles. The molecule has 1 N–H and O–H groups in total. The Balaban J connectivity index is 3.03. The van der Waals surface area contributed by atoms with Crippen molar-refractivity contribution in [1.29, 1.82) is 0 Å². The molecule has 12 heteroatoms. The predicted octanol–water partition coefficient (Wildman–Crippen LogP) is 0.624. The summed E-state index contributed by atoms with van der Waals surface area (Å²) >= 11 is 16.4. The van der Waals surface area contributed by atoms with Crippen LogP contribution in [0.1, 0.15) is 20.8 Å². The van der Waals surface area contributed by atoms with E-state index in [1.54, 1.807) is 0 Å². The summed E-state index contributed by atoms with van der Waals surface area (Å²) in [7, 11) is 0. The maximum atomic E-state index is 11.8. The van der Waals surface area contributed by atoms with Gasteiger partial charge in [-0.3, -0.25) is 19.2 Å². The first-order valence-electron chi connectivity index (χ1n) is 6.92. The lowest BCUT2D eigenvalue weighted by Gasteiger charge is -2.24. The number of alkyl halides is 3. The summed E-state index contributed by atoms with van der Waals surface area (Å²) in [5.41, 5.74) is 0. The summed E-state index contributed by atoms with van der Waals surface area (Å²) in [6.07, 6.45) is -4.70. The highest BCUT2D eigenvalue weighted by atomic mass is 35.6. The zero-order valence-corrected chi connectivity index (χ0v) is 15.7. The molecule has 9 nitrogen and oxygen atoms in total.